The molecule has 1 heterocycles. The van der Waals surface area contributed by atoms with E-state index in [2.05, 4.69) is 37.4 Å². The quantitative estimate of drug-likeness (QED) is 0.151. The van der Waals surface area contributed by atoms with Crippen molar-refractivity contribution in [2.75, 3.05) is 12.3 Å². The molecule has 0 aliphatic heterocycles. The molecule has 1 aliphatic rings. The molecule has 0 saturated carbocycles. The van der Waals surface area contributed by atoms with Gasteiger partial charge in [0.1, 0.15) is 18.6 Å². The van der Waals surface area contributed by atoms with Gasteiger partial charge in [-0.25, -0.2) is 9.78 Å². The van der Waals surface area contributed by atoms with E-state index in [1.165, 1.54) is 6.08 Å². The third kappa shape index (κ3) is 9.94. The molecule has 3 rings (SSSR count). The number of fused-ring (bicyclic) bond motifs is 1. The number of nitrogen functional groups attached to an aromatic ring is 1. The second-order valence-electron chi connectivity index (χ2n) is 9.63. The number of carboxylic acids is 3. The number of allylic oxidation sites excluding steroid dienone is 2. The molecule has 8 N–H and O–H groups in total. The van der Waals surface area contributed by atoms with E-state index in [9.17, 15) is 33.9 Å². The number of nitrogens with two attached hydrogens (primary N) is 1. The largest absolute Gasteiger partial charge is 0.481 e. The Hall–Kier alpha value is -5.78. The maximum Gasteiger partial charge on any atom is 0.326 e. The molecule has 0 bridgehead atoms. The van der Waals surface area contributed by atoms with Crippen LogP contribution in [0, 0.1) is 11.8 Å². The van der Waals surface area contributed by atoms with Crippen molar-refractivity contribution in [3.05, 3.63) is 57.9 Å². The molecule has 2 atom stereocenters. The Morgan fingerprint density at radius 1 is 1.00 bits per heavy atom. The lowest BCUT2D eigenvalue weighted by Gasteiger charge is -2.21. The smallest absolute Gasteiger partial charge is 0.326 e. The van der Waals surface area contributed by atoms with E-state index < -0.39 is 61.1 Å². The number of aliphatic imine (C=N–C) groups is 1. The van der Waals surface area contributed by atoms with E-state index in [0.717, 1.165) is 5.56 Å². The van der Waals surface area contributed by atoms with E-state index in [1.807, 2.05) is 0 Å². The van der Waals surface area contributed by atoms with Crippen molar-refractivity contribution in [3.8, 4) is 11.8 Å². The average molecular weight is 607 g/mol. The van der Waals surface area contributed by atoms with Gasteiger partial charge in [-0.3, -0.25) is 33.9 Å². The highest BCUT2D eigenvalue weighted by Gasteiger charge is 2.28. The molecule has 1 aromatic heterocycles. The van der Waals surface area contributed by atoms with Crippen LogP contribution in [0.25, 0.3) is 10.9 Å². The fourth-order valence-electron chi connectivity index (χ4n) is 4.07. The Morgan fingerprint density at radius 2 is 1.70 bits per heavy atom. The summed E-state index contributed by atoms with van der Waals surface area (Å²) < 4.78 is 0. The van der Waals surface area contributed by atoms with Gasteiger partial charge in [0.2, 0.25) is 11.9 Å². The minimum absolute atomic E-state index is 0.0400. The first-order valence-corrected chi connectivity index (χ1v) is 13.4. The Bertz CT molecular complexity index is 1680. The van der Waals surface area contributed by atoms with Crippen molar-refractivity contribution >= 4 is 52.3 Å². The maximum atomic E-state index is 12.8. The zero-order chi connectivity index (χ0) is 32.2. The number of hydrogen-bond acceptors (Lipinski definition) is 9. The van der Waals surface area contributed by atoms with Crippen LogP contribution in [-0.4, -0.2) is 79.3 Å². The van der Waals surface area contributed by atoms with Crippen LogP contribution >= 0.6 is 0 Å². The summed E-state index contributed by atoms with van der Waals surface area (Å²) in [6, 6.07) is 2.28. The van der Waals surface area contributed by atoms with Crippen molar-refractivity contribution in [1.82, 2.24) is 20.6 Å². The van der Waals surface area contributed by atoms with Crippen molar-refractivity contribution in [2.45, 2.75) is 50.6 Å². The number of rotatable bonds is 13. The van der Waals surface area contributed by atoms with Crippen LogP contribution in [0.5, 0.6) is 0 Å². The van der Waals surface area contributed by atoms with E-state index in [1.54, 1.807) is 30.4 Å². The second-order valence-corrected chi connectivity index (χ2v) is 9.63. The summed E-state index contributed by atoms with van der Waals surface area (Å²) in [6.07, 6.45) is 3.59. The molecule has 230 valence electrons. The number of H-pyrrole nitrogens is 1. The number of hydrogen-bond donors (Lipinski definition) is 7. The van der Waals surface area contributed by atoms with Gasteiger partial charge >= 0.3 is 17.9 Å². The third-order valence-electron chi connectivity index (χ3n) is 6.35. The lowest BCUT2D eigenvalue weighted by molar-refractivity contribution is -0.144. The first kappa shape index (κ1) is 32.7. The van der Waals surface area contributed by atoms with Crippen LogP contribution in [0.3, 0.4) is 0 Å². The third-order valence-corrected chi connectivity index (χ3v) is 6.35. The van der Waals surface area contributed by atoms with Crippen molar-refractivity contribution < 1.29 is 39.3 Å². The van der Waals surface area contributed by atoms with Crippen LogP contribution in [-0.2, 0) is 30.4 Å². The molecule has 0 fully saturated rings. The number of carboxylic acid groups (broad SMARTS) is 3. The maximum absolute atomic E-state index is 12.8. The number of aliphatic carboxylic acids is 3. The van der Waals surface area contributed by atoms with Crippen LogP contribution in [0.1, 0.15) is 37.7 Å². The second kappa shape index (κ2) is 15.4. The van der Waals surface area contributed by atoms with E-state index >= 15 is 0 Å². The molecule has 1 aliphatic carbocycles. The van der Waals surface area contributed by atoms with E-state index in [-0.39, 0.29) is 36.5 Å². The number of carbonyl (C=O) groups excluding carboxylic acids is 2. The van der Waals surface area contributed by atoms with Crippen LogP contribution in [0.2, 0.25) is 0 Å². The number of anilines is 1. The molecule has 15 heteroatoms. The summed E-state index contributed by atoms with van der Waals surface area (Å²) in [6.45, 7) is 0.186. The average Bonchev–Trinajstić information content (AvgIpc) is 2.97. The number of aromatic nitrogens is 2. The number of benzene rings is 1. The minimum Gasteiger partial charge on any atom is -0.481 e. The summed E-state index contributed by atoms with van der Waals surface area (Å²) in [5, 5.41) is 32.1. The Kier molecular flexibility index (Phi) is 11.5. The van der Waals surface area contributed by atoms with E-state index in [0.29, 0.717) is 23.0 Å². The minimum atomic E-state index is -1.53. The predicted octanol–water partition coefficient (Wildman–Crippen LogP) is 0.162. The molecule has 0 saturated heterocycles. The molecule has 0 spiro atoms. The van der Waals surface area contributed by atoms with Gasteiger partial charge < -0.3 is 31.7 Å². The first-order valence-electron chi connectivity index (χ1n) is 13.4. The van der Waals surface area contributed by atoms with Gasteiger partial charge in [-0.1, -0.05) is 24.0 Å². The van der Waals surface area contributed by atoms with Gasteiger partial charge in [0.15, 0.2) is 0 Å². The standard InChI is InChI=1S/C29H30N6O9/c30-29-34-20-9-4-16(15-19(20)26(41)35-29)3-1-2-14-31-18-7-5-17(6-8-18)25(40)32-21(10-12-23(36)37)27(42)33-22(28(43)44)11-13-24(38)39/h4-7,9,15,21-22H,3,8,10-14H2,(H,32,40)(H,33,42)(H,36,37)(H,38,39)(H,43,44)(H3,30,34,35,41)/t21-,22-/m0/s1. The molecule has 0 radical (unpaired) electrons. The van der Waals surface area contributed by atoms with Gasteiger partial charge in [0.25, 0.3) is 11.5 Å². The summed E-state index contributed by atoms with van der Waals surface area (Å²) >= 11 is 0. The summed E-state index contributed by atoms with van der Waals surface area (Å²) in [7, 11) is 0. The number of amides is 2. The fraction of sp³-hybridized carbons (Fsp3) is 0.310. The summed E-state index contributed by atoms with van der Waals surface area (Å²) in [5.41, 5.74) is 7.35. The highest BCUT2D eigenvalue weighted by Crippen LogP contribution is 2.12. The summed E-state index contributed by atoms with van der Waals surface area (Å²) in [5.74, 6) is 0.372. The van der Waals surface area contributed by atoms with Gasteiger partial charge in [-0.15, -0.1) is 0 Å². The highest BCUT2D eigenvalue weighted by atomic mass is 16.4. The van der Waals surface area contributed by atoms with Crippen molar-refractivity contribution in [3.63, 3.8) is 0 Å². The molecule has 0 unspecified atom stereocenters. The van der Waals surface area contributed by atoms with E-state index in [4.69, 9.17) is 15.9 Å². The predicted molar refractivity (Wildman–Crippen MR) is 158 cm³/mol. The first-order chi connectivity index (χ1) is 20.9. The summed E-state index contributed by atoms with van der Waals surface area (Å²) in [4.78, 5) is 81.8. The number of carbonyl (C=O) groups is 5. The molecule has 2 aromatic rings. The Labute approximate surface area is 250 Å². The number of aromatic amines is 1. The van der Waals surface area contributed by atoms with Crippen LogP contribution in [0.15, 0.2) is 51.8 Å². The van der Waals surface area contributed by atoms with Gasteiger partial charge in [-0.2, -0.15) is 0 Å². The van der Waals surface area contributed by atoms with Crippen molar-refractivity contribution in [1.29, 1.82) is 0 Å². The van der Waals surface area contributed by atoms with Crippen molar-refractivity contribution in [2.24, 2.45) is 4.99 Å². The molecule has 44 heavy (non-hydrogen) atoms. The topological polar surface area (TPSA) is 254 Å². The Morgan fingerprint density at radius 3 is 2.34 bits per heavy atom. The lowest BCUT2D eigenvalue weighted by Crippen LogP contribution is -2.52. The SMILES string of the molecule is Nc1nc2ccc(CC#CCN=C3C=CC(C(=O)N[C@@H](CCC(=O)O)C(=O)N[C@@H](CCC(=O)O)C(=O)O)=CC3)cc2c(=O)[nH]1. The van der Waals surface area contributed by atoms with Gasteiger partial charge in [-0.05, 0) is 42.7 Å². The number of nitrogens with one attached hydrogen (secondary N) is 3. The van der Waals surface area contributed by atoms with Gasteiger partial charge in [0, 0.05) is 37.0 Å². The highest BCUT2D eigenvalue weighted by molar-refractivity contribution is 6.05. The molecule has 15 nitrogen and oxygen atoms in total. The zero-order valence-electron chi connectivity index (χ0n) is 23.3. The lowest BCUT2D eigenvalue weighted by atomic mass is 10.0. The monoisotopic (exact) mass is 606 g/mol. The van der Waals surface area contributed by atoms with Gasteiger partial charge in [0.05, 0.1) is 10.9 Å². The van der Waals surface area contributed by atoms with Crippen LogP contribution < -0.4 is 21.9 Å². The molecule has 2 amide bonds. The molecule has 1 aromatic carbocycles. The Balaban J connectivity index is 1.56. The van der Waals surface area contributed by atoms with Crippen LogP contribution in [0.4, 0.5) is 5.95 Å². The normalized spacial score (nSPS) is 14.5. The fourth-order valence-corrected chi connectivity index (χ4v) is 4.07. The molecular weight excluding hydrogens is 576 g/mol. The molecular formula is C29H30N6O9. The zero-order valence-corrected chi connectivity index (χ0v) is 23.3. The number of nitrogens with zero attached hydrogens (tertiary/aromatic N) is 2.